The van der Waals surface area contributed by atoms with E-state index in [9.17, 15) is 0 Å². The van der Waals surface area contributed by atoms with E-state index < -0.39 is 0 Å². The van der Waals surface area contributed by atoms with Crippen molar-refractivity contribution in [2.75, 3.05) is 18.6 Å². The summed E-state index contributed by atoms with van der Waals surface area (Å²) < 4.78 is 5.40. The summed E-state index contributed by atoms with van der Waals surface area (Å²) in [5.41, 5.74) is 1.56. The second-order valence-electron chi connectivity index (χ2n) is 4.44. The Hall–Kier alpha value is -1.60. The molecule has 0 aliphatic carbocycles. The van der Waals surface area contributed by atoms with Crippen LogP contribution in [-0.2, 0) is 4.74 Å². The molecule has 0 spiro atoms. The topological polar surface area (TPSA) is 49.1 Å². The van der Waals surface area contributed by atoms with Crippen LogP contribution in [0.1, 0.15) is 25.5 Å². The molecule has 1 aromatic heterocycles. The number of nitrogens with zero attached hydrogens (tertiary/aromatic N) is 3. The lowest BCUT2D eigenvalue weighted by molar-refractivity contribution is 0.0721. The van der Waals surface area contributed by atoms with Crippen LogP contribution in [0.4, 0.5) is 5.69 Å². The first-order chi connectivity index (χ1) is 8.24. The molecule has 0 saturated carbocycles. The Morgan fingerprint density at radius 3 is 3.06 bits per heavy atom. The van der Waals surface area contributed by atoms with E-state index in [0.717, 1.165) is 25.1 Å². The Balaban J connectivity index is 2.15. The highest BCUT2D eigenvalue weighted by atomic mass is 16.5. The monoisotopic (exact) mass is 231 g/mol. The molecule has 17 heavy (non-hydrogen) atoms. The lowest BCUT2D eigenvalue weighted by Crippen LogP contribution is -2.43. The molecule has 2 atom stereocenters. The largest absolute Gasteiger partial charge is 0.381 e. The summed E-state index contributed by atoms with van der Waals surface area (Å²) in [5.74, 6) is 0. The Morgan fingerprint density at radius 1 is 1.59 bits per heavy atom. The van der Waals surface area contributed by atoms with Crippen molar-refractivity contribution in [1.29, 1.82) is 5.26 Å². The van der Waals surface area contributed by atoms with Crippen molar-refractivity contribution in [3.05, 3.63) is 24.0 Å². The second kappa shape index (κ2) is 5.15. The van der Waals surface area contributed by atoms with Gasteiger partial charge in [-0.15, -0.1) is 0 Å². The predicted molar refractivity (Wildman–Crippen MR) is 65.8 cm³/mol. The minimum Gasteiger partial charge on any atom is -0.381 e. The van der Waals surface area contributed by atoms with Crippen LogP contribution in [0.5, 0.6) is 0 Å². The van der Waals surface area contributed by atoms with Gasteiger partial charge in [-0.3, -0.25) is 0 Å². The van der Waals surface area contributed by atoms with Crippen LogP contribution in [0.3, 0.4) is 0 Å². The van der Waals surface area contributed by atoms with Gasteiger partial charge in [-0.25, -0.2) is 4.98 Å². The summed E-state index contributed by atoms with van der Waals surface area (Å²) in [7, 11) is 1.77. The minimum absolute atomic E-state index is 0.360. The predicted octanol–water partition coefficient (Wildman–Crippen LogP) is 1.96. The standard InChI is InChI=1S/C13H17N3O/c1-10-7-13(17-2)4-6-16(10)12-3-5-15-11(8-12)9-14/h3,5,8,10,13H,4,6-7H2,1-2H3. The van der Waals surface area contributed by atoms with Gasteiger partial charge in [0.2, 0.25) is 0 Å². The highest BCUT2D eigenvalue weighted by Gasteiger charge is 2.25. The fourth-order valence-electron chi connectivity index (χ4n) is 2.39. The number of aromatic nitrogens is 1. The smallest absolute Gasteiger partial charge is 0.142 e. The van der Waals surface area contributed by atoms with E-state index in [1.54, 1.807) is 13.3 Å². The average Bonchev–Trinajstić information content (AvgIpc) is 2.38. The zero-order valence-corrected chi connectivity index (χ0v) is 10.3. The number of hydrogen-bond acceptors (Lipinski definition) is 4. The van der Waals surface area contributed by atoms with Gasteiger partial charge in [0.05, 0.1) is 6.10 Å². The summed E-state index contributed by atoms with van der Waals surface area (Å²) in [6.07, 6.45) is 4.12. The first kappa shape index (κ1) is 11.9. The molecule has 1 aliphatic heterocycles. The molecule has 1 aliphatic rings. The van der Waals surface area contributed by atoms with Crippen LogP contribution in [0.25, 0.3) is 0 Å². The van der Waals surface area contributed by atoms with Crippen molar-refractivity contribution >= 4 is 5.69 Å². The molecular formula is C13H17N3O. The fraction of sp³-hybridized carbons (Fsp3) is 0.538. The van der Waals surface area contributed by atoms with Gasteiger partial charge in [0.25, 0.3) is 0 Å². The summed E-state index contributed by atoms with van der Waals surface area (Å²) in [6.45, 7) is 3.16. The van der Waals surface area contributed by atoms with Crippen LogP contribution in [-0.4, -0.2) is 30.8 Å². The normalized spacial score (nSPS) is 24.4. The lowest BCUT2D eigenvalue weighted by atomic mass is 10.00. The van der Waals surface area contributed by atoms with Crippen molar-refractivity contribution in [3.8, 4) is 6.07 Å². The van der Waals surface area contributed by atoms with Crippen molar-refractivity contribution < 1.29 is 4.74 Å². The molecule has 0 amide bonds. The van der Waals surface area contributed by atoms with E-state index in [2.05, 4.69) is 22.9 Å². The van der Waals surface area contributed by atoms with Gasteiger partial charge in [-0.05, 0) is 31.9 Å². The minimum atomic E-state index is 0.360. The Morgan fingerprint density at radius 2 is 2.41 bits per heavy atom. The van der Waals surface area contributed by atoms with E-state index in [1.165, 1.54) is 0 Å². The number of hydrogen-bond donors (Lipinski definition) is 0. The zero-order valence-electron chi connectivity index (χ0n) is 10.3. The van der Waals surface area contributed by atoms with Gasteiger partial charge >= 0.3 is 0 Å². The molecule has 0 radical (unpaired) electrons. The first-order valence-electron chi connectivity index (χ1n) is 5.90. The van der Waals surface area contributed by atoms with Crippen molar-refractivity contribution in [1.82, 2.24) is 4.98 Å². The molecule has 2 unspecified atom stereocenters. The third-order valence-electron chi connectivity index (χ3n) is 3.35. The van der Waals surface area contributed by atoms with Crippen molar-refractivity contribution in [2.45, 2.75) is 31.9 Å². The van der Waals surface area contributed by atoms with E-state index >= 15 is 0 Å². The van der Waals surface area contributed by atoms with Gasteiger partial charge < -0.3 is 9.64 Å². The molecule has 1 fully saturated rings. The molecule has 1 aromatic rings. The van der Waals surface area contributed by atoms with Gasteiger partial charge in [0, 0.05) is 31.6 Å². The molecule has 2 heterocycles. The van der Waals surface area contributed by atoms with Crippen LogP contribution in [0.2, 0.25) is 0 Å². The Bertz CT molecular complexity index is 427. The number of pyridine rings is 1. The maximum absolute atomic E-state index is 8.86. The third kappa shape index (κ3) is 2.56. The van der Waals surface area contributed by atoms with Gasteiger partial charge in [-0.2, -0.15) is 5.26 Å². The maximum Gasteiger partial charge on any atom is 0.142 e. The molecule has 1 saturated heterocycles. The molecule has 4 heteroatoms. The molecule has 4 nitrogen and oxygen atoms in total. The van der Waals surface area contributed by atoms with Crippen molar-refractivity contribution in [3.63, 3.8) is 0 Å². The number of ether oxygens (including phenoxy) is 1. The zero-order chi connectivity index (χ0) is 12.3. The van der Waals surface area contributed by atoms with Crippen LogP contribution < -0.4 is 4.90 Å². The highest BCUT2D eigenvalue weighted by Crippen LogP contribution is 2.25. The number of piperidine rings is 1. The van der Waals surface area contributed by atoms with E-state index in [4.69, 9.17) is 10.00 Å². The average molecular weight is 231 g/mol. The number of nitriles is 1. The molecular weight excluding hydrogens is 214 g/mol. The van der Waals surface area contributed by atoms with Gasteiger partial charge in [0.15, 0.2) is 0 Å². The maximum atomic E-state index is 8.86. The van der Waals surface area contributed by atoms with E-state index in [1.807, 2.05) is 12.1 Å². The third-order valence-corrected chi connectivity index (χ3v) is 3.35. The summed E-state index contributed by atoms with van der Waals surface area (Å²) in [6, 6.07) is 6.33. The number of rotatable bonds is 2. The summed E-state index contributed by atoms with van der Waals surface area (Å²) in [4.78, 5) is 6.31. The fourth-order valence-corrected chi connectivity index (χ4v) is 2.39. The van der Waals surface area contributed by atoms with Crippen LogP contribution >= 0.6 is 0 Å². The quantitative estimate of drug-likeness (QED) is 0.780. The van der Waals surface area contributed by atoms with Gasteiger partial charge in [0.1, 0.15) is 11.8 Å². The Labute approximate surface area is 102 Å². The molecule has 90 valence electrons. The first-order valence-corrected chi connectivity index (χ1v) is 5.90. The number of anilines is 1. The summed E-state index contributed by atoms with van der Waals surface area (Å²) in [5, 5.41) is 8.86. The van der Waals surface area contributed by atoms with Crippen LogP contribution in [0, 0.1) is 11.3 Å². The lowest BCUT2D eigenvalue weighted by Gasteiger charge is -2.38. The number of methoxy groups -OCH3 is 1. The Kier molecular flexibility index (Phi) is 3.60. The molecule has 0 aromatic carbocycles. The van der Waals surface area contributed by atoms with Crippen molar-refractivity contribution in [2.24, 2.45) is 0 Å². The SMILES string of the molecule is COC1CCN(c2ccnc(C#N)c2)C(C)C1. The van der Waals surface area contributed by atoms with Crippen LogP contribution in [0.15, 0.2) is 18.3 Å². The summed E-state index contributed by atoms with van der Waals surface area (Å²) >= 11 is 0. The van der Waals surface area contributed by atoms with Gasteiger partial charge in [-0.1, -0.05) is 0 Å². The van der Waals surface area contributed by atoms with E-state index in [0.29, 0.717) is 17.8 Å². The molecule has 0 N–H and O–H groups in total. The molecule has 0 bridgehead atoms. The molecule has 2 rings (SSSR count). The highest BCUT2D eigenvalue weighted by molar-refractivity contribution is 5.50. The second-order valence-corrected chi connectivity index (χ2v) is 4.44. The van der Waals surface area contributed by atoms with E-state index in [-0.39, 0.29) is 0 Å².